The Labute approximate surface area is 121 Å². The number of carboxylic acids is 1. The minimum atomic E-state index is -1.04. The van der Waals surface area contributed by atoms with E-state index in [0.29, 0.717) is 16.9 Å². The highest BCUT2D eigenvalue weighted by Crippen LogP contribution is 2.13. The highest BCUT2D eigenvalue weighted by atomic mass is 16.4. The van der Waals surface area contributed by atoms with Crippen molar-refractivity contribution in [2.75, 3.05) is 5.32 Å². The zero-order valence-corrected chi connectivity index (χ0v) is 11.3. The number of carbonyl (C=O) groups is 2. The normalized spacial score (nSPS) is 10.5. The van der Waals surface area contributed by atoms with Crippen molar-refractivity contribution in [1.29, 1.82) is 0 Å². The third kappa shape index (κ3) is 4.24. The fourth-order valence-electron chi connectivity index (χ4n) is 1.76. The van der Waals surface area contributed by atoms with Gasteiger partial charge in [-0.25, -0.2) is 9.78 Å². The van der Waals surface area contributed by atoms with Gasteiger partial charge in [0.15, 0.2) is 5.82 Å². The van der Waals surface area contributed by atoms with Gasteiger partial charge in [0, 0.05) is 24.0 Å². The van der Waals surface area contributed by atoms with Gasteiger partial charge in [0.2, 0.25) is 0 Å². The van der Waals surface area contributed by atoms with Crippen molar-refractivity contribution in [2.24, 2.45) is 0 Å². The van der Waals surface area contributed by atoms with E-state index in [2.05, 4.69) is 15.3 Å². The van der Waals surface area contributed by atoms with Gasteiger partial charge in [-0.1, -0.05) is 6.07 Å². The van der Waals surface area contributed by atoms with Crippen molar-refractivity contribution < 1.29 is 14.7 Å². The van der Waals surface area contributed by atoms with Gasteiger partial charge in [0.1, 0.15) is 0 Å². The summed E-state index contributed by atoms with van der Waals surface area (Å²) in [6, 6.07) is 5.11. The highest BCUT2D eigenvalue weighted by Gasteiger charge is 2.08. The number of benzene rings is 1. The second-order valence-corrected chi connectivity index (χ2v) is 4.35. The van der Waals surface area contributed by atoms with Gasteiger partial charge in [0.25, 0.3) is 5.91 Å². The molecule has 0 bridgehead atoms. The van der Waals surface area contributed by atoms with Crippen LogP contribution in [0.4, 0.5) is 5.82 Å². The first-order chi connectivity index (χ1) is 10.0. The smallest absolute Gasteiger partial charge is 0.328 e. The number of hydrogen-bond donors (Lipinski definition) is 2. The maximum absolute atomic E-state index is 12.1. The summed E-state index contributed by atoms with van der Waals surface area (Å²) in [6.07, 6.45) is 6.90. The number of hydrogen-bond acceptors (Lipinski definition) is 4. The van der Waals surface area contributed by atoms with Crippen LogP contribution in [-0.2, 0) is 4.79 Å². The van der Waals surface area contributed by atoms with E-state index in [1.807, 2.05) is 6.92 Å². The molecule has 106 valence electrons. The molecule has 6 nitrogen and oxygen atoms in total. The van der Waals surface area contributed by atoms with Crippen molar-refractivity contribution in [3.8, 4) is 0 Å². The molecule has 2 aromatic rings. The first kappa shape index (κ1) is 14.4. The van der Waals surface area contributed by atoms with E-state index >= 15 is 0 Å². The molecule has 21 heavy (non-hydrogen) atoms. The number of carboxylic acid groups (broad SMARTS) is 1. The topological polar surface area (TPSA) is 92.2 Å². The quantitative estimate of drug-likeness (QED) is 0.839. The minimum absolute atomic E-state index is 0.329. The molecule has 6 heteroatoms. The van der Waals surface area contributed by atoms with Gasteiger partial charge in [-0.3, -0.25) is 9.78 Å². The van der Waals surface area contributed by atoms with Gasteiger partial charge < -0.3 is 10.4 Å². The summed E-state index contributed by atoms with van der Waals surface area (Å²) >= 11 is 0. The van der Waals surface area contributed by atoms with Crippen molar-refractivity contribution in [3.05, 3.63) is 59.6 Å². The number of aryl methyl sites for hydroxylation is 1. The molecule has 2 N–H and O–H groups in total. The maximum Gasteiger partial charge on any atom is 0.328 e. The molecule has 0 saturated heterocycles. The Bertz CT molecular complexity index is 697. The average molecular weight is 283 g/mol. The number of nitrogens with zero attached hydrogens (tertiary/aromatic N) is 2. The number of anilines is 1. The number of carbonyl (C=O) groups excluding carboxylic acids is 1. The average Bonchev–Trinajstić information content (AvgIpc) is 2.45. The van der Waals surface area contributed by atoms with E-state index in [0.717, 1.165) is 11.6 Å². The van der Waals surface area contributed by atoms with Gasteiger partial charge >= 0.3 is 5.97 Å². The van der Waals surface area contributed by atoms with Crippen LogP contribution in [0.5, 0.6) is 0 Å². The Kier molecular flexibility index (Phi) is 4.40. The van der Waals surface area contributed by atoms with Crippen molar-refractivity contribution >= 4 is 23.8 Å². The Morgan fingerprint density at radius 3 is 2.71 bits per heavy atom. The summed E-state index contributed by atoms with van der Waals surface area (Å²) < 4.78 is 0. The maximum atomic E-state index is 12.1. The summed E-state index contributed by atoms with van der Waals surface area (Å²) in [7, 11) is 0. The molecule has 2 rings (SSSR count). The molecule has 0 aliphatic rings. The lowest BCUT2D eigenvalue weighted by atomic mass is 10.1. The SMILES string of the molecule is Cc1cc(/C=C/C(=O)O)cc(C(=O)Nc2cnccn2)c1. The highest BCUT2D eigenvalue weighted by molar-refractivity contribution is 6.04. The lowest BCUT2D eigenvalue weighted by Gasteiger charge is -2.06. The van der Waals surface area contributed by atoms with E-state index in [4.69, 9.17) is 5.11 Å². The molecule has 1 heterocycles. The van der Waals surface area contributed by atoms with E-state index < -0.39 is 5.97 Å². The summed E-state index contributed by atoms with van der Waals surface area (Å²) in [6.45, 7) is 1.83. The fourth-order valence-corrected chi connectivity index (χ4v) is 1.76. The van der Waals surface area contributed by atoms with Gasteiger partial charge in [-0.15, -0.1) is 0 Å². The van der Waals surface area contributed by atoms with Crippen LogP contribution < -0.4 is 5.32 Å². The zero-order valence-electron chi connectivity index (χ0n) is 11.3. The van der Waals surface area contributed by atoms with E-state index in [9.17, 15) is 9.59 Å². The first-order valence-electron chi connectivity index (χ1n) is 6.14. The van der Waals surface area contributed by atoms with E-state index in [-0.39, 0.29) is 5.91 Å². The van der Waals surface area contributed by atoms with Crippen LogP contribution in [-0.4, -0.2) is 27.0 Å². The molecule has 1 amide bonds. The molecule has 0 spiro atoms. The Hall–Kier alpha value is -3.02. The van der Waals surface area contributed by atoms with Gasteiger partial charge in [0.05, 0.1) is 6.20 Å². The van der Waals surface area contributed by atoms with Crippen LogP contribution in [0.1, 0.15) is 21.5 Å². The third-order valence-electron chi connectivity index (χ3n) is 2.59. The molecule has 0 saturated carbocycles. The predicted octanol–water partition coefficient (Wildman–Crippen LogP) is 2.14. The fraction of sp³-hybridized carbons (Fsp3) is 0.0667. The summed E-state index contributed by atoms with van der Waals surface area (Å²) in [5, 5.41) is 11.3. The zero-order chi connectivity index (χ0) is 15.2. The lowest BCUT2D eigenvalue weighted by Crippen LogP contribution is -2.13. The van der Waals surface area contributed by atoms with E-state index in [1.54, 1.807) is 18.2 Å². The van der Waals surface area contributed by atoms with Crippen LogP contribution in [0.3, 0.4) is 0 Å². The van der Waals surface area contributed by atoms with Crippen LogP contribution in [0.2, 0.25) is 0 Å². The molecule has 0 atom stereocenters. The van der Waals surface area contributed by atoms with Crippen molar-refractivity contribution in [1.82, 2.24) is 9.97 Å². The van der Waals surface area contributed by atoms with Crippen LogP contribution in [0.15, 0.2) is 42.9 Å². The molecule has 0 aliphatic carbocycles. The first-order valence-corrected chi connectivity index (χ1v) is 6.14. The summed E-state index contributed by atoms with van der Waals surface area (Å²) in [4.78, 5) is 30.5. The molecule has 0 radical (unpaired) electrons. The van der Waals surface area contributed by atoms with Crippen LogP contribution >= 0.6 is 0 Å². The standard InChI is InChI=1S/C15H13N3O3/c1-10-6-11(2-3-14(19)20)8-12(7-10)15(21)18-13-9-16-4-5-17-13/h2-9H,1H3,(H,19,20)(H,17,18,21)/b3-2+. The molecule has 0 aliphatic heterocycles. The Morgan fingerprint density at radius 2 is 2.05 bits per heavy atom. The second kappa shape index (κ2) is 6.42. The number of amides is 1. The number of aromatic nitrogens is 2. The number of aliphatic carboxylic acids is 1. The molecular formula is C15H13N3O3. The second-order valence-electron chi connectivity index (χ2n) is 4.35. The molecule has 0 fully saturated rings. The third-order valence-corrected chi connectivity index (χ3v) is 2.59. The largest absolute Gasteiger partial charge is 0.478 e. The van der Waals surface area contributed by atoms with Gasteiger partial charge in [-0.05, 0) is 36.3 Å². The molecule has 1 aromatic heterocycles. The van der Waals surface area contributed by atoms with Crippen LogP contribution in [0.25, 0.3) is 6.08 Å². The number of rotatable bonds is 4. The Balaban J connectivity index is 2.23. The van der Waals surface area contributed by atoms with Crippen molar-refractivity contribution in [2.45, 2.75) is 6.92 Å². The lowest BCUT2D eigenvalue weighted by molar-refractivity contribution is -0.131. The minimum Gasteiger partial charge on any atom is -0.478 e. The molecular weight excluding hydrogens is 270 g/mol. The molecule has 0 unspecified atom stereocenters. The predicted molar refractivity (Wildman–Crippen MR) is 77.8 cm³/mol. The summed E-state index contributed by atoms with van der Waals surface area (Å²) in [5.41, 5.74) is 1.92. The summed E-state index contributed by atoms with van der Waals surface area (Å²) in [5.74, 6) is -1.02. The van der Waals surface area contributed by atoms with E-state index in [1.165, 1.54) is 24.7 Å². The van der Waals surface area contributed by atoms with Crippen molar-refractivity contribution in [3.63, 3.8) is 0 Å². The Morgan fingerprint density at radius 1 is 1.24 bits per heavy atom. The van der Waals surface area contributed by atoms with Crippen LogP contribution in [0, 0.1) is 6.92 Å². The van der Waals surface area contributed by atoms with Gasteiger partial charge in [-0.2, -0.15) is 0 Å². The monoisotopic (exact) mass is 283 g/mol. The number of nitrogens with one attached hydrogen (secondary N) is 1. The molecule has 1 aromatic carbocycles.